The van der Waals surface area contributed by atoms with Gasteiger partial charge in [-0.15, -0.1) is 0 Å². The van der Waals surface area contributed by atoms with Crippen molar-refractivity contribution in [1.29, 1.82) is 0 Å². The fraction of sp³-hybridized carbons (Fsp3) is 0.722. The normalized spacial score (nSPS) is 22.6. The van der Waals surface area contributed by atoms with Crippen LogP contribution in [0, 0.1) is 0 Å². The van der Waals surface area contributed by atoms with E-state index in [1.165, 1.54) is 25.7 Å². The lowest BCUT2D eigenvalue weighted by Crippen LogP contribution is -2.45. The van der Waals surface area contributed by atoms with Crippen LogP contribution in [0.2, 0.25) is 0 Å². The Balaban J connectivity index is 1.59. The van der Waals surface area contributed by atoms with Crippen molar-refractivity contribution in [1.82, 2.24) is 19.6 Å². The molecule has 3 heterocycles. The van der Waals surface area contributed by atoms with Gasteiger partial charge < -0.3 is 10.0 Å². The Kier molecular flexibility index (Phi) is 6.07. The van der Waals surface area contributed by atoms with Gasteiger partial charge in [0.05, 0.1) is 6.54 Å². The molecule has 1 atom stereocenters. The monoisotopic (exact) mass is 348 g/mol. The van der Waals surface area contributed by atoms with Gasteiger partial charge >= 0.3 is 5.97 Å². The van der Waals surface area contributed by atoms with Gasteiger partial charge in [0.1, 0.15) is 6.54 Å². The summed E-state index contributed by atoms with van der Waals surface area (Å²) >= 11 is 0. The van der Waals surface area contributed by atoms with E-state index in [1.807, 2.05) is 11.0 Å². The predicted molar refractivity (Wildman–Crippen MR) is 93.3 cm³/mol. The van der Waals surface area contributed by atoms with Gasteiger partial charge in [0.15, 0.2) is 0 Å². The molecule has 0 aromatic carbocycles. The van der Waals surface area contributed by atoms with Gasteiger partial charge in [0.25, 0.3) is 0 Å². The van der Waals surface area contributed by atoms with Crippen LogP contribution < -0.4 is 0 Å². The highest BCUT2D eigenvalue weighted by atomic mass is 16.4. The van der Waals surface area contributed by atoms with Crippen LogP contribution in [0.15, 0.2) is 12.3 Å². The molecule has 1 aromatic rings. The number of hydrogen-bond acceptors (Lipinski definition) is 4. The zero-order valence-corrected chi connectivity index (χ0v) is 14.8. The van der Waals surface area contributed by atoms with Crippen LogP contribution in [0.1, 0.15) is 50.1 Å². The number of nitrogens with zero attached hydrogens (tertiary/aromatic N) is 4. The van der Waals surface area contributed by atoms with Crippen molar-refractivity contribution in [3.05, 3.63) is 18.0 Å². The third kappa shape index (κ3) is 4.81. The van der Waals surface area contributed by atoms with E-state index in [4.69, 9.17) is 5.11 Å². The smallest absolute Gasteiger partial charge is 0.325 e. The molecule has 7 heteroatoms. The summed E-state index contributed by atoms with van der Waals surface area (Å²) in [6.07, 6.45) is 8.48. The number of carbonyl (C=O) groups is 2. The molecule has 0 spiro atoms. The van der Waals surface area contributed by atoms with E-state index in [2.05, 4.69) is 10.00 Å². The van der Waals surface area contributed by atoms with Gasteiger partial charge in [-0.25, -0.2) is 0 Å². The van der Waals surface area contributed by atoms with Crippen LogP contribution >= 0.6 is 0 Å². The predicted octanol–water partition coefficient (Wildman–Crippen LogP) is 1.55. The lowest BCUT2D eigenvalue weighted by atomic mass is 9.94. The van der Waals surface area contributed by atoms with Gasteiger partial charge in [0, 0.05) is 30.9 Å². The molecule has 0 saturated carbocycles. The number of likely N-dealkylation sites (tertiary alicyclic amines) is 2. The maximum Gasteiger partial charge on any atom is 0.325 e. The minimum atomic E-state index is -0.894. The number of carbonyl (C=O) groups excluding carboxylic acids is 1. The number of piperidine rings is 1. The summed E-state index contributed by atoms with van der Waals surface area (Å²) in [6, 6.07) is 1.89. The van der Waals surface area contributed by atoms with Crippen molar-refractivity contribution in [2.24, 2.45) is 0 Å². The molecule has 2 aliphatic heterocycles. The standard InChI is InChI=1S/C18H28N4O3/c23-17(13-20-9-3-1-2-4-10-20)21-11-5-6-15(12-21)16-7-8-19-22(16)14-18(24)25/h7-8,15H,1-6,9-14H2,(H,24,25). The number of hydrogen-bond donors (Lipinski definition) is 1. The molecule has 1 unspecified atom stereocenters. The number of carboxylic acids is 1. The Morgan fingerprint density at radius 2 is 1.84 bits per heavy atom. The average molecular weight is 348 g/mol. The van der Waals surface area contributed by atoms with E-state index in [9.17, 15) is 9.59 Å². The van der Waals surface area contributed by atoms with Gasteiger partial charge in [-0.3, -0.25) is 19.2 Å². The van der Waals surface area contributed by atoms with Crippen molar-refractivity contribution >= 4 is 11.9 Å². The first kappa shape index (κ1) is 17.9. The molecule has 0 radical (unpaired) electrons. The molecule has 1 aromatic heterocycles. The van der Waals surface area contributed by atoms with Gasteiger partial charge in [-0.05, 0) is 44.8 Å². The fourth-order valence-corrected chi connectivity index (χ4v) is 3.98. The summed E-state index contributed by atoms with van der Waals surface area (Å²) in [7, 11) is 0. The van der Waals surface area contributed by atoms with Crippen LogP contribution in [-0.2, 0) is 16.1 Å². The van der Waals surface area contributed by atoms with Crippen molar-refractivity contribution in [3.8, 4) is 0 Å². The summed E-state index contributed by atoms with van der Waals surface area (Å²) < 4.78 is 1.55. The minimum Gasteiger partial charge on any atom is -0.480 e. The van der Waals surface area contributed by atoms with Crippen molar-refractivity contribution in [2.75, 3.05) is 32.7 Å². The van der Waals surface area contributed by atoms with Crippen molar-refractivity contribution in [2.45, 2.75) is 51.0 Å². The highest BCUT2D eigenvalue weighted by Gasteiger charge is 2.28. The molecular weight excluding hydrogens is 320 g/mol. The zero-order chi connectivity index (χ0) is 17.6. The van der Waals surface area contributed by atoms with Gasteiger partial charge in [-0.1, -0.05) is 12.8 Å². The van der Waals surface area contributed by atoms with Crippen LogP contribution in [-0.4, -0.2) is 69.3 Å². The molecule has 1 N–H and O–H groups in total. The van der Waals surface area contributed by atoms with Gasteiger partial charge in [0.2, 0.25) is 5.91 Å². The van der Waals surface area contributed by atoms with Crippen molar-refractivity contribution in [3.63, 3.8) is 0 Å². The van der Waals surface area contributed by atoms with Crippen LogP contribution in [0.25, 0.3) is 0 Å². The molecule has 3 rings (SSSR count). The van der Waals surface area contributed by atoms with E-state index in [0.29, 0.717) is 13.1 Å². The Morgan fingerprint density at radius 3 is 2.56 bits per heavy atom. The quantitative estimate of drug-likeness (QED) is 0.873. The second-order valence-electron chi connectivity index (χ2n) is 7.18. The molecule has 7 nitrogen and oxygen atoms in total. The van der Waals surface area contributed by atoms with Crippen molar-refractivity contribution < 1.29 is 14.7 Å². The van der Waals surface area contributed by atoms with Crippen LogP contribution in [0.5, 0.6) is 0 Å². The van der Waals surface area contributed by atoms with E-state index in [-0.39, 0.29) is 18.4 Å². The third-order valence-corrected chi connectivity index (χ3v) is 5.28. The number of rotatable bonds is 5. The highest BCUT2D eigenvalue weighted by Crippen LogP contribution is 2.27. The molecule has 0 aliphatic carbocycles. The van der Waals surface area contributed by atoms with E-state index in [0.717, 1.165) is 38.2 Å². The highest BCUT2D eigenvalue weighted by molar-refractivity contribution is 5.78. The summed E-state index contributed by atoms with van der Waals surface area (Å²) in [5, 5.41) is 13.2. The molecule has 2 aliphatic rings. The topological polar surface area (TPSA) is 78.7 Å². The zero-order valence-electron chi connectivity index (χ0n) is 14.8. The first-order valence-electron chi connectivity index (χ1n) is 9.37. The second kappa shape index (κ2) is 8.47. The summed E-state index contributed by atoms with van der Waals surface area (Å²) in [4.78, 5) is 28.0. The Bertz CT molecular complexity index is 593. The minimum absolute atomic E-state index is 0.124. The molecule has 25 heavy (non-hydrogen) atoms. The van der Waals surface area contributed by atoms with E-state index >= 15 is 0 Å². The Hall–Kier alpha value is -1.89. The number of aliphatic carboxylic acids is 1. The van der Waals surface area contributed by atoms with Crippen LogP contribution in [0.4, 0.5) is 0 Å². The maximum atomic E-state index is 12.7. The lowest BCUT2D eigenvalue weighted by molar-refractivity contribution is -0.138. The SMILES string of the molecule is O=C(O)Cn1nccc1C1CCCN(C(=O)CN2CCCCCC2)C1. The molecule has 1 amide bonds. The lowest BCUT2D eigenvalue weighted by Gasteiger charge is -2.34. The number of amides is 1. The average Bonchev–Trinajstić information content (AvgIpc) is 2.89. The molecular formula is C18H28N4O3. The maximum absolute atomic E-state index is 12.7. The second-order valence-corrected chi connectivity index (χ2v) is 7.18. The van der Waals surface area contributed by atoms with Crippen LogP contribution in [0.3, 0.4) is 0 Å². The first-order valence-corrected chi connectivity index (χ1v) is 9.37. The van der Waals surface area contributed by atoms with E-state index in [1.54, 1.807) is 10.9 Å². The summed E-state index contributed by atoms with van der Waals surface area (Å²) in [5.74, 6) is -0.519. The fourth-order valence-electron chi connectivity index (χ4n) is 3.98. The largest absolute Gasteiger partial charge is 0.480 e. The number of aromatic nitrogens is 2. The third-order valence-electron chi connectivity index (χ3n) is 5.28. The summed E-state index contributed by atoms with van der Waals surface area (Å²) in [5.41, 5.74) is 0.926. The molecule has 0 bridgehead atoms. The Labute approximate surface area is 148 Å². The number of carboxylic acid groups (broad SMARTS) is 1. The first-order chi connectivity index (χ1) is 12.1. The molecule has 2 saturated heterocycles. The van der Waals surface area contributed by atoms with Gasteiger partial charge in [-0.2, -0.15) is 5.10 Å². The summed E-state index contributed by atoms with van der Waals surface area (Å²) in [6.45, 7) is 3.90. The van der Waals surface area contributed by atoms with E-state index < -0.39 is 5.97 Å². The molecule has 138 valence electrons. The molecule has 2 fully saturated rings. The Morgan fingerprint density at radius 1 is 1.08 bits per heavy atom.